The Kier molecular flexibility index (Phi) is 2.25. The van der Waals surface area contributed by atoms with Gasteiger partial charge in [0.2, 0.25) is 5.78 Å². The minimum Gasteiger partial charge on any atom is -0.490 e. The topological polar surface area (TPSA) is 32.8 Å². The Bertz CT molecular complexity index is 306. The van der Waals surface area contributed by atoms with Crippen LogP contribution in [0.2, 0.25) is 0 Å². The van der Waals surface area contributed by atoms with Gasteiger partial charge >= 0.3 is 0 Å². The van der Waals surface area contributed by atoms with Gasteiger partial charge in [0, 0.05) is 39.1 Å². The molecule has 1 unspecified atom stereocenters. The molecule has 15 heavy (non-hydrogen) atoms. The van der Waals surface area contributed by atoms with Gasteiger partial charge in [-0.05, 0) is 6.08 Å². The van der Waals surface area contributed by atoms with Crippen LogP contribution in [0.25, 0.3) is 0 Å². The molecule has 4 rings (SSSR count). The molecule has 0 spiro atoms. The predicted molar refractivity (Wildman–Crippen MR) is 55.5 cm³/mol. The molecule has 3 fully saturated rings. The molecule has 4 nitrogen and oxygen atoms in total. The van der Waals surface area contributed by atoms with E-state index in [1.165, 1.54) is 0 Å². The maximum absolute atomic E-state index is 12.1. The Hall–Kier alpha value is -0.870. The second-order valence-electron chi connectivity index (χ2n) is 4.42. The van der Waals surface area contributed by atoms with E-state index in [1.807, 2.05) is 6.08 Å². The summed E-state index contributed by atoms with van der Waals surface area (Å²) >= 11 is 0. The predicted octanol–water partition coefficient (Wildman–Crippen LogP) is -0.140. The van der Waals surface area contributed by atoms with Gasteiger partial charge in [0.15, 0.2) is 5.76 Å². The van der Waals surface area contributed by atoms with Crippen molar-refractivity contribution in [1.29, 1.82) is 0 Å². The van der Waals surface area contributed by atoms with Gasteiger partial charge in [-0.2, -0.15) is 0 Å². The molecule has 0 amide bonds. The normalized spacial score (nSPS) is 38.7. The van der Waals surface area contributed by atoms with Gasteiger partial charge in [-0.25, -0.2) is 0 Å². The van der Waals surface area contributed by atoms with Crippen LogP contribution in [0.15, 0.2) is 11.8 Å². The number of rotatable bonds is 2. The van der Waals surface area contributed by atoms with Gasteiger partial charge in [0.1, 0.15) is 0 Å². The average Bonchev–Trinajstić information content (AvgIpc) is 2.83. The van der Waals surface area contributed by atoms with Crippen molar-refractivity contribution in [3.63, 3.8) is 0 Å². The fourth-order valence-corrected chi connectivity index (χ4v) is 2.62. The highest BCUT2D eigenvalue weighted by molar-refractivity contribution is 5.98. The Labute approximate surface area is 89.5 Å². The average molecular weight is 208 g/mol. The monoisotopic (exact) mass is 208 g/mol. The first-order valence-corrected chi connectivity index (χ1v) is 5.68. The third-order valence-corrected chi connectivity index (χ3v) is 3.53. The minimum absolute atomic E-state index is 0.0526. The first-order chi connectivity index (χ1) is 7.34. The fraction of sp³-hybridized carbons (Fsp3) is 0.727. The van der Waals surface area contributed by atoms with Gasteiger partial charge in [-0.1, -0.05) is 0 Å². The van der Waals surface area contributed by atoms with E-state index in [0.29, 0.717) is 12.4 Å². The molecule has 0 radical (unpaired) electrons. The van der Waals surface area contributed by atoms with E-state index < -0.39 is 0 Å². The number of carbonyl (C=O) groups excluding carboxylic acids is 1. The van der Waals surface area contributed by atoms with E-state index in [-0.39, 0.29) is 11.8 Å². The molecule has 4 heterocycles. The molecule has 0 aromatic rings. The zero-order valence-corrected chi connectivity index (χ0v) is 8.82. The van der Waals surface area contributed by atoms with Crippen LogP contribution in [0, 0.1) is 0 Å². The summed E-state index contributed by atoms with van der Waals surface area (Å²) in [4.78, 5) is 16.8. The van der Waals surface area contributed by atoms with Crippen molar-refractivity contribution in [1.82, 2.24) is 9.80 Å². The summed E-state index contributed by atoms with van der Waals surface area (Å²) in [6, 6.07) is 0.0526. The van der Waals surface area contributed by atoms with E-state index >= 15 is 0 Å². The van der Waals surface area contributed by atoms with Crippen molar-refractivity contribution in [3.05, 3.63) is 11.8 Å². The van der Waals surface area contributed by atoms with Gasteiger partial charge in [0.05, 0.1) is 12.6 Å². The smallest absolute Gasteiger partial charge is 0.215 e. The number of carbonyl (C=O) groups is 1. The second-order valence-corrected chi connectivity index (χ2v) is 4.42. The Morgan fingerprint density at radius 3 is 2.67 bits per heavy atom. The van der Waals surface area contributed by atoms with Crippen LogP contribution in [0.4, 0.5) is 0 Å². The van der Waals surface area contributed by atoms with Crippen LogP contribution in [-0.2, 0) is 9.53 Å². The zero-order valence-electron chi connectivity index (χ0n) is 8.82. The lowest BCUT2D eigenvalue weighted by Crippen LogP contribution is -2.63. The lowest BCUT2D eigenvalue weighted by atomic mass is 10.0. The highest BCUT2D eigenvalue weighted by Crippen LogP contribution is 2.21. The number of nitrogens with zero attached hydrogens (tertiary/aromatic N) is 2. The molecule has 4 aliphatic heterocycles. The molecule has 0 saturated carbocycles. The van der Waals surface area contributed by atoms with Crippen molar-refractivity contribution in [2.45, 2.75) is 12.5 Å². The number of ketones is 1. The SMILES string of the molecule is O=C(C1=CCCO1)C1CN2CCN1CC2. The third-order valence-electron chi connectivity index (χ3n) is 3.53. The van der Waals surface area contributed by atoms with Gasteiger partial charge < -0.3 is 4.74 Å². The number of ether oxygens (including phenoxy) is 1. The molecule has 0 aromatic carbocycles. The summed E-state index contributed by atoms with van der Waals surface area (Å²) in [5, 5.41) is 0. The molecular formula is C11H16N2O2. The van der Waals surface area contributed by atoms with E-state index in [4.69, 9.17) is 4.74 Å². The van der Waals surface area contributed by atoms with E-state index in [1.54, 1.807) is 0 Å². The molecule has 0 aromatic heterocycles. The lowest BCUT2D eigenvalue weighted by Gasteiger charge is -2.46. The Morgan fingerprint density at radius 2 is 2.13 bits per heavy atom. The standard InChI is InChI=1S/C11H16N2O2/c14-11(10-2-1-7-15-10)9-8-12-3-5-13(9)6-4-12/h2,9H,1,3-8H2. The molecule has 3 saturated heterocycles. The van der Waals surface area contributed by atoms with Crippen LogP contribution >= 0.6 is 0 Å². The molecule has 4 aliphatic rings. The molecule has 4 heteroatoms. The van der Waals surface area contributed by atoms with Crippen molar-refractivity contribution < 1.29 is 9.53 Å². The molecular weight excluding hydrogens is 192 g/mol. The van der Waals surface area contributed by atoms with Crippen molar-refractivity contribution >= 4 is 5.78 Å². The number of Topliss-reactive ketones (excluding diaryl/α,β-unsaturated/α-hetero) is 1. The molecule has 0 aliphatic carbocycles. The molecule has 2 bridgehead atoms. The Morgan fingerprint density at radius 1 is 1.33 bits per heavy atom. The fourth-order valence-electron chi connectivity index (χ4n) is 2.62. The maximum atomic E-state index is 12.1. The third kappa shape index (κ3) is 1.58. The minimum atomic E-state index is 0.0526. The van der Waals surface area contributed by atoms with Gasteiger partial charge in [-0.15, -0.1) is 0 Å². The van der Waals surface area contributed by atoms with Crippen LogP contribution in [0.5, 0.6) is 0 Å². The second kappa shape index (κ2) is 3.61. The molecule has 0 N–H and O–H groups in total. The van der Waals surface area contributed by atoms with E-state index in [9.17, 15) is 4.79 Å². The quantitative estimate of drug-likeness (QED) is 0.632. The molecule has 1 atom stereocenters. The summed E-state index contributed by atoms with van der Waals surface area (Å²) in [6.45, 7) is 5.86. The van der Waals surface area contributed by atoms with Crippen molar-refractivity contribution in [2.75, 3.05) is 39.3 Å². The number of piperazine rings is 3. The first kappa shape index (κ1) is 9.36. The summed E-state index contributed by atoms with van der Waals surface area (Å²) in [5.41, 5.74) is 0. The van der Waals surface area contributed by atoms with Crippen molar-refractivity contribution in [3.8, 4) is 0 Å². The van der Waals surface area contributed by atoms with Crippen LogP contribution in [0.1, 0.15) is 6.42 Å². The number of hydrogen-bond acceptors (Lipinski definition) is 4. The highest BCUT2D eigenvalue weighted by atomic mass is 16.5. The summed E-state index contributed by atoms with van der Waals surface area (Å²) in [7, 11) is 0. The summed E-state index contributed by atoms with van der Waals surface area (Å²) < 4.78 is 5.34. The number of hydrogen-bond donors (Lipinski definition) is 0. The largest absolute Gasteiger partial charge is 0.490 e. The van der Waals surface area contributed by atoms with Gasteiger partial charge in [0.25, 0.3) is 0 Å². The first-order valence-electron chi connectivity index (χ1n) is 5.68. The zero-order chi connectivity index (χ0) is 10.3. The van der Waals surface area contributed by atoms with Crippen LogP contribution in [-0.4, -0.2) is 61.0 Å². The van der Waals surface area contributed by atoms with E-state index in [2.05, 4.69) is 9.80 Å². The Balaban J connectivity index is 1.74. The van der Waals surface area contributed by atoms with Crippen molar-refractivity contribution in [2.24, 2.45) is 0 Å². The van der Waals surface area contributed by atoms with E-state index in [0.717, 1.165) is 39.1 Å². The maximum Gasteiger partial charge on any atom is 0.215 e. The number of fused-ring (bicyclic) bond motifs is 3. The van der Waals surface area contributed by atoms with Crippen LogP contribution in [0.3, 0.4) is 0 Å². The van der Waals surface area contributed by atoms with Gasteiger partial charge in [-0.3, -0.25) is 14.6 Å². The highest BCUT2D eigenvalue weighted by Gasteiger charge is 2.38. The summed E-state index contributed by atoms with van der Waals surface area (Å²) in [6.07, 6.45) is 2.82. The summed E-state index contributed by atoms with van der Waals surface area (Å²) in [5.74, 6) is 0.797. The van der Waals surface area contributed by atoms with Crippen LogP contribution < -0.4 is 0 Å². The molecule has 82 valence electrons. The lowest BCUT2D eigenvalue weighted by molar-refractivity contribution is -0.128.